The van der Waals surface area contributed by atoms with Gasteiger partial charge in [0.25, 0.3) is 5.91 Å². The quantitative estimate of drug-likeness (QED) is 0.379. The first-order chi connectivity index (χ1) is 18.2. The van der Waals surface area contributed by atoms with Gasteiger partial charge in [-0.1, -0.05) is 31.2 Å². The largest absolute Gasteiger partial charge is 0.338 e. The Balaban J connectivity index is 1.22. The van der Waals surface area contributed by atoms with E-state index in [4.69, 9.17) is 0 Å². The van der Waals surface area contributed by atoms with Gasteiger partial charge in [-0.05, 0) is 35.9 Å². The minimum atomic E-state index is -0.219. The first-order valence-corrected chi connectivity index (χ1v) is 12.4. The normalized spacial score (nSPS) is 13.8. The van der Waals surface area contributed by atoms with Crippen LogP contribution in [-0.2, 0) is 13.0 Å². The van der Waals surface area contributed by atoms with Crippen LogP contribution >= 0.6 is 0 Å². The van der Waals surface area contributed by atoms with Crippen LogP contribution in [0.1, 0.15) is 28.7 Å². The number of piperazine rings is 1. The number of nitrogens with one attached hydrogen (secondary N) is 2. The van der Waals surface area contributed by atoms with E-state index >= 15 is 0 Å². The standard InChI is InChI=1S/C27H29N9O/c1-2-23-31-26(32-24-11-10-21(18-29-24)25(37)30-22-8-4-3-5-9-22)34-27(33-23)36-15-13-35(14-16-36)19-20-7-6-12-28-17-20/h3-12,17-18H,2,13-16,19H2,1H3,(H,30,37)(H,29,31,32,33,34). The molecule has 3 aromatic heterocycles. The lowest BCUT2D eigenvalue weighted by atomic mass is 10.2. The molecule has 0 unspecified atom stereocenters. The highest BCUT2D eigenvalue weighted by Gasteiger charge is 2.20. The third kappa shape index (κ3) is 6.42. The number of carbonyl (C=O) groups is 1. The third-order valence-corrected chi connectivity index (χ3v) is 6.07. The number of anilines is 4. The fraction of sp³-hybridized carbons (Fsp3) is 0.259. The molecule has 1 saturated heterocycles. The van der Waals surface area contributed by atoms with Gasteiger partial charge in [-0.3, -0.25) is 14.7 Å². The van der Waals surface area contributed by atoms with Gasteiger partial charge in [0.1, 0.15) is 11.6 Å². The monoisotopic (exact) mass is 495 g/mol. The Labute approximate surface area is 215 Å². The number of aryl methyl sites for hydroxylation is 1. The summed E-state index contributed by atoms with van der Waals surface area (Å²) in [5.41, 5.74) is 2.41. The summed E-state index contributed by atoms with van der Waals surface area (Å²) in [5.74, 6) is 2.15. The average molecular weight is 496 g/mol. The minimum absolute atomic E-state index is 0.219. The van der Waals surface area contributed by atoms with E-state index in [1.165, 1.54) is 11.8 Å². The molecule has 5 rings (SSSR count). The number of benzene rings is 1. The minimum Gasteiger partial charge on any atom is -0.338 e. The summed E-state index contributed by atoms with van der Waals surface area (Å²) in [4.78, 5) is 39.6. The maximum atomic E-state index is 12.5. The molecule has 0 atom stereocenters. The zero-order valence-corrected chi connectivity index (χ0v) is 20.7. The topological polar surface area (TPSA) is 112 Å². The van der Waals surface area contributed by atoms with Gasteiger partial charge in [0.05, 0.1) is 5.56 Å². The Hall–Kier alpha value is -4.44. The fourth-order valence-corrected chi connectivity index (χ4v) is 4.06. The zero-order chi connectivity index (χ0) is 25.5. The van der Waals surface area contributed by atoms with Crippen LogP contribution in [0.15, 0.2) is 73.2 Å². The predicted molar refractivity (Wildman–Crippen MR) is 143 cm³/mol. The molecule has 1 aliphatic heterocycles. The van der Waals surface area contributed by atoms with E-state index in [0.717, 1.165) is 38.4 Å². The number of hydrogen-bond acceptors (Lipinski definition) is 9. The van der Waals surface area contributed by atoms with E-state index in [1.807, 2.05) is 49.5 Å². The Bertz CT molecular complexity index is 1310. The number of pyridine rings is 2. The van der Waals surface area contributed by atoms with Crippen molar-refractivity contribution < 1.29 is 4.79 Å². The van der Waals surface area contributed by atoms with Crippen LogP contribution in [0.4, 0.5) is 23.4 Å². The Morgan fingerprint density at radius 3 is 2.46 bits per heavy atom. The second kappa shape index (κ2) is 11.5. The molecule has 1 amide bonds. The van der Waals surface area contributed by atoms with Crippen LogP contribution in [0.2, 0.25) is 0 Å². The first kappa shape index (κ1) is 24.3. The Kier molecular flexibility index (Phi) is 7.56. The van der Waals surface area contributed by atoms with Crippen LogP contribution in [0, 0.1) is 0 Å². The molecule has 1 aromatic carbocycles. The van der Waals surface area contributed by atoms with Crippen molar-refractivity contribution in [2.24, 2.45) is 0 Å². The van der Waals surface area contributed by atoms with Crippen molar-refractivity contribution in [1.29, 1.82) is 0 Å². The number of para-hydroxylation sites is 1. The molecule has 0 saturated carbocycles. The van der Waals surface area contributed by atoms with E-state index < -0.39 is 0 Å². The van der Waals surface area contributed by atoms with Crippen LogP contribution in [0.3, 0.4) is 0 Å². The van der Waals surface area contributed by atoms with Gasteiger partial charge >= 0.3 is 0 Å². The average Bonchev–Trinajstić information content (AvgIpc) is 2.95. The van der Waals surface area contributed by atoms with Gasteiger partial charge in [0.15, 0.2) is 0 Å². The maximum absolute atomic E-state index is 12.5. The highest BCUT2D eigenvalue weighted by molar-refractivity contribution is 6.04. The van der Waals surface area contributed by atoms with E-state index in [2.05, 4.69) is 51.4 Å². The van der Waals surface area contributed by atoms with Crippen molar-refractivity contribution in [3.05, 3.63) is 90.1 Å². The van der Waals surface area contributed by atoms with Crippen molar-refractivity contribution in [3.8, 4) is 0 Å². The zero-order valence-electron chi connectivity index (χ0n) is 20.7. The van der Waals surface area contributed by atoms with Crippen LogP contribution in [-0.4, -0.2) is 61.9 Å². The van der Waals surface area contributed by atoms with Gasteiger partial charge in [0.2, 0.25) is 11.9 Å². The molecule has 37 heavy (non-hydrogen) atoms. The lowest BCUT2D eigenvalue weighted by Gasteiger charge is -2.34. The molecule has 0 radical (unpaired) electrons. The van der Waals surface area contributed by atoms with Crippen LogP contribution in [0.25, 0.3) is 0 Å². The summed E-state index contributed by atoms with van der Waals surface area (Å²) in [6.07, 6.45) is 5.94. The van der Waals surface area contributed by atoms with Crippen molar-refractivity contribution >= 4 is 29.3 Å². The number of rotatable bonds is 8. The summed E-state index contributed by atoms with van der Waals surface area (Å²) < 4.78 is 0. The molecule has 0 aliphatic carbocycles. The number of aromatic nitrogens is 5. The van der Waals surface area contributed by atoms with Gasteiger partial charge in [-0.25, -0.2) is 4.98 Å². The molecule has 2 N–H and O–H groups in total. The number of amides is 1. The second-order valence-electron chi connectivity index (χ2n) is 8.73. The molecule has 4 heterocycles. The van der Waals surface area contributed by atoms with Crippen molar-refractivity contribution in [3.63, 3.8) is 0 Å². The van der Waals surface area contributed by atoms with Gasteiger partial charge in [-0.15, -0.1) is 0 Å². The fourth-order valence-electron chi connectivity index (χ4n) is 4.06. The molecular formula is C27H29N9O. The molecule has 4 aromatic rings. The van der Waals surface area contributed by atoms with Crippen molar-refractivity contribution in [1.82, 2.24) is 29.8 Å². The van der Waals surface area contributed by atoms with E-state index in [9.17, 15) is 4.79 Å². The highest BCUT2D eigenvalue weighted by atomic mass is 16.1. The van der Waals surface area contributed by atoms with Crippen molar-refractivity contribution in [2.45, 2.75) is 19.9 Å². The Morgan fingerprint density at radius 1 is 0.919 bits per heavy atom. The molecule has 1 aliphatic rings. The molecule has 0 bridgehead atoms. The number of hydrogen-bond donors (Lipinski definition) is 2. The molecule has 188 valence electrons. The van der Waals surface area contributed by atoms with E-state index in [-0.39, 0.29) is 5.91 Å². The van der Waals surface area contributed by atoms with E-state index in [1.54, 1.807) is 18.3 Å². The summed E-state index contributed by atoms with van der Waals surface area (Å²) in [5, 5.41) is 6.02. The summed E-state index contributed by atoms with van der Waals surface area (Å²) >= 11 is 0. The lowest BCUT2D eigenvalue weighted by Crippen LogP contribution is -2.46. The van der Waals surface area contributed by atoms with E-state index in [0.29, 0.717) is 35.5 Å². The highest BCUT2D eigenvalue weighted by Crippen LogP contribution is 2.18. The van der Waals surface area contributed by atoms with Gasteiger partial charge in [0, 0.05) is 63.4 Å². The number of carbonyl (C=O) groups excluding carboxylic acids is 1. The third-order valence-electron chi connectivity index (χ3n) is 6.07. The molecule has 1 fully saturated rings. The summed E-state index contributed by atoms with van der Waals surface area (Å²) in [7, 11) is 0. The van der Waals surface area contributed by atoms with Crippen molar-refractivity contribution in [2.75, 3.05) is 41.7 Å². The molecule has 10 nitrogen and oxygen atoms in total. The summed E-state index contributed by atoms with van der Waals surface area (Å²) in [6.45, 7) is 6.40. The molecule has 0 spiro atoms. The SMILES string of the molecule is CCc1nc(Nc2ccc(C(=O)Nc3ccccc3)cn2)nc(N2CCN(Cc3cccnc3)CC2)n1. The maximum Gasteiger partial charge on any atom is 0.257 e. The predicted octanol–water partition coefficient (Wildman–Crippen LogP) is 3.54. The lowest BCUT2D eigenvalue weighted by molar-refractivity contribution is 0.102. The number of nitrogens with zero attached hydrogens (tertiary/aromatic N) is 7. The van der Waals surface area contributed by atoms with Gasteiger partial charge < -0.3 is 15.5 Å². The summed E-state index contributed by atoms with van der Waals surface area (Å²) in [6, 6.07) is 16.9. The van der Waals surface area contributed by atoms with Gasteiger partial charge in [-0.2, -0.15) is 15.0 Å². The molecule has 10 heteroatoms. The second-order valence-corrected chi connectivity index (χ2v) is 8.73. The molecular weight excluding hydrogens is 466 g/mol. The van der Waals surface area contributed by atoms with Crippen LogP contribution < -0.4 is 15.5 Å². The Morgan fingerprint density at radius 2 is 1.76 bits per heavy atom. The smallest absolute Gasteiger partial charge is 0.257 e. The van der Waals surface area contributed by atoms with Crippen LogP contribution in [0.5, 0.6) is 0 Å². The first-order valence-electron chi connectivity index (χ1n) is 12.4.